The fraction of sp³-hybridized carbons (Fsp3) is 0.200. The third-order valence-electron chi connectivity index (χ3n) is 2.96. The maximum absolute atomic E-state index is 6.13. The average Bonchev–Trinajstić information content (AvgIpc) is 2.39. The molecule has 0 aromatic heterocycles. The van der Waals surface area contributed by atoms with Gasteiger partial charge in [0.15, 0.2) is 0 Å². The fourth-order valence-corrected chi connectivity index (χ4v) is 2.41. The maximum atomic E-state index is 6.13. The van der Waals surface area contributed by atoms with Crippen LogP contribution in [-0.2, 0) is 6.54 Å². The standard InChI is InChI=1S/C15H14Cl3N/c1-10(11-3-2-4-13(16)7-11)19-9-12-8-14(17)5-6-15(12)18/h2-8,10,19H,9H2,1H3. The van der Waals surface area contributed by atoms with Crippen molar-refractivity contribution >= 4 is 34.8 Å². The number of hydrogen-bond donors (Lipinski definition) is 1. The molecule has 2 aromatic rings. The lowest BCUT2D eigenvalue weighted by Crippen LogP contribution is -2.18. The Morgan fingerprint density at radius 1 is 1.00 bits per heavy atom. The van der Waals surface area contributed by atoms with Crippen LogP contribution in [0, 0.1) is 0 Å². The summed E-state index contributed by atoms with van der Waals surface area (Å²) in [5.74, 6) is 0. The zero-order valence-electron chi connectivity index (χ0n) is 10.5. The predicted molar refractivity (Wildman–Crippen MR) is 83.2 cm³/mol. The van der Waals surface area contributed by atoms with Crippen LogP contribution >= 0.6 is 34.8 Å². The molecule has 1 unspecified atom stereocenters. The molecular formula is C15H14Cl3N. The molecule has 0 fully saturated rings. The highest BCUT2D eigenvalue weighted by Crippen LogP contribution is 2.22. The second-order valence-electron chi connectivity index (χ2n) is 4.39. The number of benzene rings is 2. The van der Waals surface area contributed by atoms with Gasteiger partial charge in [0.05, 0.1) is 0 Å². The van der Waals surface area contributed by atoms with Crippen LogP contribution in [0.15, 0.2) is 42.5 Å². The summed E-state index contributed by atoms with van der Waals surface area (Å²) in [5, 5.41) is 5.56. The molecule has 0 radical (unpaired) electrons. The van der Waals surface area contributed by atoms with Crippen molar-refractivity contribution in [3.05, 3.63) is 68.7 Å². The number of rotatable bonds is 4. The van der Waals surface area contributed by atoms with E-state index in [2.05, 4.69) is 12.2 Å². The van der Waals surface area contributed by atoms with E-state index in [1.807, 2.05) is 36.4 Å². The molecule has 0 spiro atoms. The van der Waals surface area contributed by atoms with Gasteiger partial charge in [-0.2, -0.15) is 0 Å². The number of nitrogens with one attached hydrogen (secondary N) is 1. The van der Waals surface area contributed by atoms with Gasteiger partial charge >= 0.3 is 0 Å². The van der Waals surface area contributed by atoms with Crippen LogP contribution in [0.3, 0.4) is 0 Å². The van der Waals surface area contributed by atoms with E-state index < -0.39 is 0 Å². The molecule has 4 heteroatoms. The van der Waals surface area contributed by atoms with Crippen LogP contribution in [-0.4, -0.2) is 0 Å². The van der Waals surface area contributed by atoms with Crippen LogP contribution in [0.2, 0.25) is 15.1 Å². The van der Waals surface area contributed by atoms with Crippen molar-refractivity contribution in [1.82, 2.24) is 5.32 Å². The lowest BCUT2D eigenvalue weighted by atomic mass is 10.1. The van der Waals surface area contributed by atoms with Gasteiger partial charge in [0.25, 0.3) is 0 Å². The highest BCUT2D eigenvalue weighted by molar-refractivity contribution is 6.33. The normalized spacial score (nSPS) is 12.4. The predicted octanol–water partition coefficient (Wildman–Crippen LogP) is 5.50. The van der Waals surface area contributed by atoms with E-state index in [0.29, 0.717) is 11.6 Å². The van der Waals surface area contributed by atoms with Crippen molar-refractivity contribution in [2.24, 2.45) is 0 Å². The SMILES string of the molecule is CC(NCc1cc(Cl)ccc1Cl)c1cccc(Cl)c1. The highest BCUT2D eigenvalue weighted by Gasteiger charge is 2.07. The second kappa shape index (κ2) is 6.62. The highest BCUT2D eigenvalue weighted by atomic mass is 35.5. The lowest BCUT2D eigenvalue weighted by Gasteiger charge is -2.15. The Morgan fingerprint density at radius 3 is 2.47 bits per heavy atom. The molecule has 0 amide bonds. The minimum atomic E-state index is 0.189. The van der Waals surface area contributed by atoms with Crippen molar-refractivity contribution < 1.29 is 0 Å². The van der Waals surface area contributed by atoms with E-state index >= 15 is 0 Å². The van der Waals surface area contributed by atoms with Crippen molar-refractivity contribution in [3.8, 4) is 0 Å². The summed E-state index contributed by atoms with van der Waals surface area (Å²) in [6.45, 7) is 2.75. The molecule has 0 bridgehead atoms. The molecule has 0 aliphatic carbocycles. The largest absolute Gasteiger partial charge is 0.306 e. The first-order valence-corrected chi connectivity index (χ1v) is 7.12. The third-order valence-corrected chi connectivity index (χ3v) is 3.79. The molecule has 1 N–H and O–H groups in total. The van der Waals surface area contributed by atoms with Crippen LogP contribution in [0.25, 0.3) is 0 Å². The quantitative estimate of drug-likeness (QED) is 0.786. The van der Waals surface area contributed by atoms with Gasteiger partial charge in [-0.15, -0.1) is 0 Å². The minimum Gasteiger partial charge on any atom is -0.306 e. The molecule has 1 nitrogen and oxygen atoms in total. The monoisotopic (exact) mass is 313 g/mol. The molecule has 1 atom stereocenters. The summed E-state index contributed by atoms with van der Waals surface area (Å²) < 4.78 is 0. The number of hydrogen-bond acceptors (Lipinski definition) is 1. The van der Waals surface area contributed by atoms with Gasteiger partial charge in [0.2, 0.25) is 0 Å². The fourth-order valence-electron chi connectivity index (χ4n) is 1.84. The van der Waals surface area contributed by atoms with Gasteiger partial charge in [-0.25, -0.2) is 0 Å². The molecule has 2 aromatic carbocycles. The molecule has 100 valence electrons. The summed E-state index contributed by atoms with van der Waals surface area (Å²) in [6.07, 6.45) is 0. The van der Waals surface area contributed by atoms with Gasteiger partial charge in [-0.1, -0.05) is 46.9 Å². The van der Waals surface area contributed by atoms with E-state index in [1.165, 1.54) is 0 Å². The first-order chi connectivity index (χ1) is 9.06. The van der Waals surface area contributed by atoms with Crippen LogP contribution < -0.4 is 5.32 Å². The molecule has 2 rings (SSSR count). The minimum absolute atomic E-state index is 0.189. The smallest absolute Gasteiger partial charge is 0.0451 e. The summed E-state index contributed by atoms with van der Waals surface area (Å²) in [4.78, 5) is 0. The first-order valence-electron chi connectivity index (χ1n) is 5.99. The van der Waals surface area contributed by atoms with Gasteiger partial charge in [0.1, 0.15) is 0 Å². The van der Waals surface area contributed by atoms with Gasteiger partial charge in [-0.05, 0) is 48.4 Å². The molecule has 0 heterocycles. The Bertz CT molecular complexity index is 569. The molecule has 19 heavy (non-hydrogen) atoms. The van der Waals surface area contributed by atoms with E-state index in [-0.39, 0.29) is 6.04 Å². The molecule has 0 saturated carbocycles. The van der Waals surface area contributed by atoms with E-state index in [4.69, 9.17) is 34.8 Å². The second-order valence-corrected chi connectivity index (χ2v) is 5.67. The van der Waals surface area contributed by atoms with Crippen molar-refractivity contribution in [2.75, 3.05) is 0 Å². The summed E-state index contributed by atoms with van der Waals surface area (Å²) >= 11 is 18.1. The zero-order valence-corrected chi connectivity index (χ0v) is 12.7. The van der Waals surface area contributed by atoms with Crippen LogP contribution in [0.1, 0.15) is 24.1 Å². The summed E-state index contributed by atoms with van der Waals surface area (Å²) in [7, 11) is 0. The molecular weight excluding hydrogens is 301 g/mol. The Balaban J connectivity index is 2.04. The van der Waals surface area contributed by atoms with Crippen LogP contribution in [0.4, 0.5) is 0 Å². The van der Waals surface area contributed by atoms with Crippen molar-refractivity contribution in [2.45, 2.75) is 19.5 Å². The molecule has 0 aliphatic heterocycles. The number of halogens is 3. The third kappa shape index (κ3) is 4.12. The summed E-state index contributed by atoms with van der Waals surface area (Å²) in [6, 6.07) is 13.5. The van der Waals surface area contributed by atoms with E-state index in [1.54, 1.807) is 6.07 Å². The van der Waals surface area contributed by atoms with E-state index in [9.17, 15) is 0 Å². The Hall–Kier alpha value is -0.730. The average molecular weight is 315 g/mol. The lowest BCUT2D eigenvalue weighted by molar-refractivity contribution is 0.575. The molecule has 0 saturated heterocycles. The maximum Gasteiger partial charge on any atom is 0.0451 e. The zero-order chi connectivity index (χ0) is 13.8. The van der Waals surface area contributed by atoms with Gasteiger partial charge < -0.3 is 5.32 Å². The Kier molecular flexibility index (Phi) is 5.12. The Labute approximate surface area is 128 Å². The van der Waals surface area contributed by atoms with Crippen molar-refractivity contribution in [3.63, 3.8) is 0 Å². The first kappa shape index (κ1) is 14.7. The molecule has 0 aliphatic rings. The summed E-state index contributed by atoms with van der Waals surface area (Å²) in [5.41, 5.74) is 2.13. The topological polar surface area (TPSA) is 12.0 Å². The van der Waals surface area contributed by atoms with Gasteiger partial charge in [0, 0.05) is 27.7 Å². The van der Waals surface area contributed by atoms with Crippen LogP contribution in [0.5, 0.6) is 0 Å². The van der Waals surface area contributed by atoms with Crippen molar-refractivity contribution in [1.29, 1.82) is 0 Å². The van der Waals surface area contributed by atoms with E-state index in [0.717, 1.165) is 21.2 Å². The van der Waals surface area contributed by atoms with Gasteiger partial charge in [-0.3, -0.25) is 0 Å². The Morgan fingerprint density at radius 2 is 1.74 bits per heavy atom.